The van der Waals surface area contributed by atoms with Crippen LogP contribution in [-0.4, -0.2) is 347 Å². The number of nitrogens with one attached hydrogen (secondary N) is 2. The first-order valence-electron chi connectivity index (χ1n) is 25.5. The highest BCUT2D eigenvalue weighted by atomic mass is 31.2. The number of ether oxygens (including phenoxy) is 11. The van der Waals surface area contributed by atoms with E-state index in [0.717, 1.165) is 13.8 Å². The lowest BCUT2D eigenvalue weighted by atomic mass is 9.92. The van der Waals surface area contributed by atoms with Gasteiger partial charge in [0.05, 0.1) is 52.9 Å². The first kappa shape index (κ1) is 68.0. The van der Waals surface area contributed by atoms with Crippen LogP contribution >= 0.6 is 7.82 Å². The zero-order chi connectivity index (χ0) is 59.9. The van der Waals surface area contributed by atoms with Gasteiger partial charge in [-0.25, -0.2) is 4.57 Å². The first-order valence-corrected chi connectivity index (χ1v) is 27.0. The van der Waals surface area contributed by atoms with Crippen molar-refractivity contribution in [3.63, 3.8) is 0 Å². The number of phosphoric acid groups is 1. The Balaban J connectivity index is 1.31. The molecule has 22 N–H and O–H groups in total. The van der Waals surface area contributed by atoms with Gasteiger partial charge in [-0.15, -0.1) is 0 Å². The van der Waals surface area contributed by atoms with Gasteiger partial charge in [0.15, 0.2) is 31.5 Å². The largest absolute Gasteiger partial charge is 0.472 e. The maximum Gasteiger partial charge on any atom is 0.472 e. The van der Waals surface area contributed by atoms with Crippen molar-refractivity contribution in [3.8, 4) is 0 Å². The Labute approximate surface area is 459 Å². The van der Waals surface area contributed by atoms with E-state index in [-0.39, 0.29) is 6.54 Å². The molecule has 37 nitrogen and oxygen atoms in total. The minimum absolute atomic E-state index is 0.197. The van der Waals surface area contributed by atoms with Crippen LogP contribution in [-0.2, 0) is 75.3 Å². The molecule has 0 spiro atoms. The Kier molecular flexibility index (Phi) is 25.2. The lowest BCUT2D eigenvalue weighted by Gasteiger charge is -2.52. The molecule has 0 saturated carbocycles. The summed E-state index contributed by atoms with van der Waals surface area (Å²) >= 11 is 0. The molecule has 6 rings (SSSR count). The summed E-state index contributed by atoms with van der Waals surface area (Å²) in [5.41, 5.74) is 5.32. The van der Waals surface area contributed by atoms with E-state index in [1.54, 1.807) is 0 Å². The molecule has 38 heteroatoms. The Hall–Kier alpha value is -2.11. The number of nitrogens with two attached hydrogens (primary N) is 1. The van der Waals surface area contributed by atoms with Gasteiger partial charge in [-0.3, -0.25) is 18.6 Å². The van der Waals surface area contributed by atoms with Gasteiger partial charge in [0.25, 0.3) is 0 Å². The summed E-state index contributed by atoms with van der Waals surface area (Å²) in [4.78, 5) is 35.8. The number of carbonyl (C=O) groups is 2. The molecule has 6 heterocycles. The molecule has 0 aromatic rings. The van der Waals surface area contributed by atoms with Crippen molar-refractivity contribution in [2.75, 3.05) is 59.4 Å². The average molecular weight is 1210 g/mol. The third-order valence-electron chi connectivity index (χ3n) is 14.1. The third kappa shape index (κ3) is 15.7. The minimum atomic E-state index is -4.85. The van der Waals surface area contributed by atoms with Gasteiger partial charge >= 0.3 is 7.82 Å². The van der Waals surface area contributed by atoms with Crippen molar-refractivity contribution < 1.29 is 167 Å². The van der Waals surface area contributed by atoms with Crippen LogP contribution in [0.1, 0.15) is 13.8 Å². The molecule has 6 fully saturated rings. The van der Waals surface area contributed by atoms with Crippen molar-refractivity contribution in [2.45, 2.75) is 198 Å². The summed E-state index contributed by atoms with van der Waals surface area (Å²) in [6.07, 6.45) is -54.9. The smallest absolute Gasteiger partial charge is 0.394 e. The highest BCUT2D eigenvalue weighted by molar-refractivity contribution is 7.47. The molecule has 31 unspecified atom stereocenters. The number of aliphatic hydroxyl groups excluding tert-OH is 17. The number of hydrogen-bond donors (Lipinski definition) is 21. The van der Waals surface area contributed by atoms with Crippen LogP contribution in [0.15, 0.2) is 0 Å². The van der Waals surface area contributed by atoms with Crippen molar-refractivity contribution in [3.05, 3.63) is 0 Å². The molecule has 0 aromatic heterocycles. The molecule has 6 saturated heterocycles. The molecule has 31 atom stereocenters. The lowest BCUT2D eigenvalue weighted by Crippen LogP contribution is -2.71. The van der Waals surface area contributed by atoms with E-state index in [4.69, 9.17) is 66.9 Å². The van der Waals surface area contributed by atoms with Gasteiger partial charge in [0.2, 0.25) is 11.8 Å². The van der Waals surface area contributed by atoms with Crippen LogP contribution in [0.3, 0.4) is 0 Å². The second kappa shape index (κ2) is 30.0. The van der Waals surface area contributed by atoms with Crippen LogP contribution in [0.4, 0.5) is 0 Å². The molecule has 472 valence electrons. The Morgan fingerprint density at radius 2 is 0.753 bits per heavy atom. The Morgan fingerprint density at radius 3 is 1.23 bits per heavy atom. The summed E-state index contributed by atoms with van der Waals surface area (Å²) < 4.78 is 86.6. The Bertz CT molecular complexity index is 2010. The minimum Gasteiger partial charge on any atom is -0.394 e. The number of amides is 2. The van der Waals surface area contributed by atoms with E-state index in [1.165, 1.54) is 0 Å². The zero-order valence-corrected chi connectivity index (χ0v) is 44.2. The quantitative estimate of drug-likeness (QED) is 0.0399. The first-order chi connectivity index (χ1) is 38.3. The zero-order valence-electron chi connectivity index (χ0n) is 43.3. The fourth-order valence-corrected chi connectivity index (χ4v) is 10.7. The third-order valence-corrected chi connectivity index (χ3v) is 15.1. The fourth-order valence-electron chi connectivity index (χ4n) is 9.92. The summed E-state index contributed by atoms with van der Waals surface area (Å²) in [5.74, 6) is -1.79. The standard InChI is InChI=1S/C43H76N3O34P/c1-12(53)45-21-36(78-41-31(63)28(60)23(55)14(5-47)72-41)25(57)17(8-50)71-39(21)76-34-18(9-51)75-43(33(65)30(34)62)77-35-19(10-52)74-40(22(46-13(2)54)37(35)79-42-32(64)29(61)24(56)15(6-48)73-42)80-38-26(58)16(7-49)70-20(27(38)59)11-69-81(66,67)68-4-3-44/h14-43,47-52,55-65H,3-11,44H2,1-2H3,(H,45,53)(H,46,54)(H,66,67). The summed E-state index contributed by atoms with van der Waals surface area (Å²) in [7, 11) is -4.85. The lowest BCUT2D eigenvalue weighted by molar-refractivity contribution is -0.391. The van der Waals surface area contributed by atoms with Crippen LogP contribution in [0.5, 0.6) is 0 Å². The number of phosphoric ester groups is 1. The highest BCUT2D eigenvalue weighted by Gasteiger charge is 2.59. The monoisotopic (exact) mass is 1210 g/mol. The number of carbonyl (C=O) groups excluding carboxylic acids is 2. The van der Waals surface area contributed by atoms with Crippen LogP contribution < -0.4 is 16.4 Å². The highest BCUT2D eigenvalue weighted by Crippen LogP contribution is 2.44. The van der Waals surface area contributed by atoms with Crippen LogP contribution in [0.2, 0.25) is 0 Å². The number of hydrogen-bond acceptors (Lipinski definition) is 34. The SMILES string of the molecule is CC(=O)NC1C(OC2C(CO)OC(OC3C(CO)OC(OC4C(O)C(CO)OC(COP(=O)(O)OCCN)C4O)C(NC(C)=O)C3OC3OC(CO)C(O)C(O)C3O)C(O)C2O)OC(CO)C(O)C1OC1OC(CO)C(O)C(O)C1O. The van der Waals surface area contributed by atoms with Crippen molar-refractivity contribution in [1.82, 2.24) is 10.6 Å². The molecule has 0 aliphatic carbocycles. The van der Waals surface area contributed by atoms with E-state index < -0.39 is 256 Å². The van der Waals surface area contributed by atoms with Gasteiger partial charge in [0, 0.05) is 20.4 Å². The molecule has 6 aliphatic rings. The number of rotatable bonds is 24. The molecule has 2 amide bonds. The molecule has 6 aliphatic heterocycles. The molecular formula is C43H76N3O34P. The predicted octanol–water partition coefficient (Wildman–Crippen LogP) is -13.7. The van der Waals surface area contributed by atoms with E-state index in [0.29, 0.717) is 0 Å². The number of aliphatic hydroxyl groups is 17. The predicted molar refractivity (Wildman–Crippen MR) is 251 cm³/mol. The van der Waals surface area contributed by atoms with Crippen molar-refractivity contribution in [1.29, 1.82) is 0 Å². The van der Waals surface area contributed by atoms with E-state index in [1.807, 2.05) is 0 Å². The van der Waals surface area contributed by atoms with Gasteiger partial charge in [-0.1, -0.05) is 0 Å². The van der Waals surface area contributed by atoms with E-state index >= 15 is 0 Å². The van der Waals surface area contributed by atoms with Crippen LogP contribution in [0, 0.1) is 0 Å². The van der Waals surface area contributed by atoms with Gasteiger partial charge < -0.3 is 160 Å². The van der Waals surface area contributed by atoms with Crippen LogP contribution in [0.25, 0.3) is 0 Å². The second-order valence-electron chi connectivity index (χ2n) is 19.8. The molecule has 0 bridgehead atoms. The van der Waals surface area contributed by atoms with E-state index in [2.05, 4.69) is 10.6 Å². The van der Waals surface area contributed by atoms with Gasteiger partial charge in [-0.05, 0) is 0 Å². The normalized spacial score (nSPS) is 46.8. The summed E-state index contributed by atoms with van der Waals surface area (Å²) in [5, 5.41) is 188. The maximum atomic E-state index is 13.1. The fraction of sp³-hybridized carbons (Fsp3) is 0.953. The average Bonchev–Trinajstić information content (AvgIpc) is 3.49. The van der Waals surface area contributed by atoms with Gasteiger partial charge in [-0.2, -0.15) is 0 Å². The van der Waals surface area contributed by atoms with Gasteiger partial charge in [0.1, 0.15) is 152 Å². The molecule has 81 heavy (non-hydrogen) atoms. The van der Waals surface area contributed by atoms with Crippen molar-refractivity contribution in [2.24, 2.45) is 5.73 Å². The molecule has 0 radical (unpaired) electrons. The Morgan fingerprint density at radius 1 is 0.407 bits per heavy atom. The van der Waals surface area contributed by atoms with E-state index in [9.17, 15) is 106 Å². The molecular weight excluding hydrogens is 1130 g/mol. The molecule has 0 aromatic carbocycles. The van der Waals surface area contributed by atoms with Crippen molar-refractivity contribution >= 4 is 19.6 Å². The summed E-state index contributed by atoms with van der Waals surface area (Å²) in [6.45, 7) is -5.78. The topological polar surface area (TPSA) is 585 Å². The maximum absolute atomic E-state index is 13.1. The second-order valence-corrected chi connectivity index (χ2v) is 21.2. The summed E-state index contributed by atoms with van der Waals surface area (Å²) in [6, 6.07) is -3.65.